The Balaban J connectivity index is 2.34. The molecular formula is C12H12FN3O. The molecule has 0 spiro atoms. The zero-order valence-corrected chi connectivity index (χ0v) is 9.35. The van der Waals surface area contributed by atoms with Gasteiger partial charge in [0.05, 0.1) is 11.4 Å². The van der Waals surface area contributed by atoms with Crippen molar-refractivity contribution in [2.45, 2.75) is 13.3 Å². The molecule has 0 atom stereocenters. The molecule has 17 heavy (non-hydrogen) atoms. The van der Waals surface area contributed by atoms with Crippen LogP contribution in [0, 0.1) is 5.82 Å². The normalized spacial score (nSPS) is 10.2. The minimum Gasteiger partial charge on any atom is -0.434 e. The van der Waals surface area contributed by atoms with Crippen molar-refractivity contribution in [2.75, 3.05) is 5.73 Å². The second-order valence-electron chi connectivity index (χ2n) is 3.43. The molecule has 0 saturated carbocycles. The van der Waals surface area contributed by atoms with Crippen LogP contribution in [-0.2, 0) is 6.42 Å². The molecule has 1 aromatic heterocycles. The van der Waals surface area contributed by atoms with Gasteiger partial charge in [0.1, 0.15) is 6.33 Å². The van der Waals surface area contributed by atoms with Crippen LogP contribution in [0.5, 0.6) is 11.6 Å². The molecule has 1 heterocycles. The lowest BCUT2D eigenvalue weighted by Crippen LogP contribution is -2.00. The van der Waals surface area contributed by atoms with E-state index in [1.807, 2.05) is 6.92 Å². The molecule has 2 aromatic rings. The first-order valence-electron chi connectivity index (χ1n) is 5.24. The van der Waals surface area contributed by atoms with Gasteiger partial charge in [-0.1, -0.05) is 19.1 Å². The van der Waals surface area contributed by atoms with E-state index in [1.54, 1.807) is 24.3 Å². The largest absolute Gasteiger partial charge is 0.434 e. The lowest BCUT2D eigenvalue weighted by Gasteiger charge is -2.08. The minimum absolute atomic E-state index is 0.102. The highest BCUT2D eigenvalue weighted by molar-refractivity contribution is 5.53. The number of ether oxygens (including phenoxy) is 1. The molecule has 0 fully saturated rings. The molecule has 0 bridgehead atoms. The Bertz CT molecular complexity index is 531. The van der Waals surface area contributed by atoms with Crippen molar-refractivity contribution in [3.05, 3.63) is 42.1 Å². The summed E-state index contributed by atoms with van der Waals surface area (Å²) in [6.45, 7) is 1.81. The average molecular weight is 233 g/mol. The van der Waals surface area contributed by atoms with Crippen LogP contribution in [-0.4, -0.2) is 9.97 Å². The van der Waals surface area contributed by atoms with Crippen molar-refractivity contribution < 1.29 is 9.13 Å². The summed E-state index contributed by atoms with van der Waals surface area (Å²) in [4.78, 5) is 7.58. The number of anilines is 1. The molecule has 0 aliphatic carbocycles. The van der Waals surface area contributed by atoms with Crippen LogP contribution in [0.4, 0.5) is 10.1 Å². The molecule has 0 aliphatic rings. The van der Waals surface area contributed by atoms with E-state index >= 15 is 0 Å². The Hall–Kier alpha value is -2.17. The fourth-order valence-electron chi connectivity index (χ4n) is 1.38. The summed E-state index contributed by atoms with van der Waals surface area (Å²) in [7, 11) is 0. The van der Waals surface area contributed by atoms with E-state index in [2.05, 4.69) is 9.97 Å². The summed E-state index contributed by atoms with van der Waals surface area (Å²) in [6.07, 6.45) is 1.76. The Labute approximate surface area is 98.3 Å². The SMILES string of the molecule is CCc1ncnc(Oc2ccccc2N)c1F. The lowest BCUT2D eigenvalue weighted by molar-refractivity contribution is 0.417. The number of aryl methyl sites for hydroxylation is 1. The quantitative estimate of drug-likeness (QED) is 0.827. The van der Waals surface area contributed by atoms with Gasteiger partial charge >= 0.3 is 0 Å². The van der Waals surface area contributed by atoms with Crippen molar-refractivity contribution in [2.24, 2.45) is 0 Å². The van der Waals surface area contributed by atoms with Crippen LogP contribution in [0.2, 0.25) is 0 Å². The van der Waals surface area contributed by atoms with Crippen molar-refractivity contribution in [1.82, 2.24) is 9.97 Å². The van der Waals surface area contributed by atoms with Crippen molar-refractivity contribution in [3.63, 3.8) is 0 Å². The number of hydrogen-bond acceptors (Lipinski definition) is 4. The van der Waals surface area contributed by atoms with Gasteiger partial charge in [-0.25, -0.2) is 4.98 Å². The number of halogens is 1. The molecule has 0 radical (unpaired) electrons. The molecule has 0 aliphatic heterocycles. The van der Waals surface area contributed by atoms with Gasteiger partial charge in [0, 0.05) is 0 Å². The number of para-hydroxylation sites is 2. The predicted molar refractivity (Wildman–Crippen MR) is 62.3 cm³/mol. The average Bonchev–Trinajstić information content (AvgIpc) is 2.34. The van der Waals surface area contributed by atoms with Crippen LogP contribution in [0.3, 0.4) is 0 Å². The molecule has 5 heteroatoms. The summed E-state index contributed by atoms with van der Waals surface area (Å²) < 4.78 is 19.1. The Morgan fingerprint density at radius 3 is 2.76 bits per heavy atom. The fraction of sp³-hybridized carbons (Fsp3) is 0.167. The van der Waals surface area contributed by atoms with Gasteiger partial charge in [0.25, 0.3) is 5.88 Å². The fourth-order valence-corrected chi connectivity index (χ4v) is 1.38. The van der Waals surface area contributed by atoms with Gasteiger partial charge in [0.2, 0.25) is 5.82 Å². The first kappa shape index (κ1) is 11.3. The number of aromatic nitrogens is 2. The zero-order chi connectivity index (χ0) is 12.3. The van der Waals surface area contributed by atoms with Gasteiger partial charge in [-0.3, -0.25) is 0 Å². The highest BCUT2D eigenvalue weighted by atomic mass is 19.1. The molecule has 2 N–H and O–H groups in total. The van der Waals surface area contributed by atoms with Gasteiger partial charge < -0.3 is 10.5 Å². The number of nitrogen functional groups attached to an aromatic ring is 1. The molecule has 4 nitrogen and oxygen atoms in total. The Morgan fingerprint density at radius 2 is 2.06 bits per heavy atom. The van der Waals surface area contributed by atoms with Crippen molar-refractivity contribution in [1.29, 1.82) is 0 Å². The maximum absolute atomic E-state index is 13.8. The van der Waals surface area contributed by atoms with E-state index < -0.39 is 5.82 Å². The smallest absolute Gasteiger partial charge is 0.259 e. The number of rotatable bonds is 3. The maximum Gasteiger partial charge on any atom is 0.259 e. The molecular weight excluding hydrogens is 221 g/mol. The van der Waals surface area contributed by atoms with E-state index in [4.69, 9.17) is 10.5 Å². The van der Waals surface area contributed by atoms with E-state index in [0.29, 0.717) is 23.6 Å². The summed E-state index contributed by atoms with van der Waals surface area (Å²) in [5, 5.41) is 0. The van der Waals surface area contributed by atoms with Gasteiger partial charge in [0.15, 0.2) is 5.75 Å². The molecule has 2 rings (SSSR count). The highest BCUT2D eigenvalue weighted by Gasteiger charge is 2.12. The van der Waals surface area contributed by atoms with Crippen LogP contribution in [0.15, 0.2) is 30.6 Å². The predicted octanol–water partition coefficient (Wildman–Crippen LogP) is 2.55. The van der Waals surface area contributed by atoms with Crippen molar-refractivity contribution >= 4 is 5.69 Å². The molecule has 0 amide bonds. The summed E-state index contributed by atoms with van der Waals surface area (Å²) in [5.41, 5.74) is 6.46. The molecule has 1 aromatic carbocycles. The topological polar surface area (TPSA) is 61.0 Å². The van der Waals surface area contributed by atoms with Gasteiger partial charge in [-0.2, -0.15) is 9.37 Å². The second kappa shape index (κ2) is 4.78. The second-order valence-corrected chi connectivity index (χ2v) is 3.43. The summed E-state index contributed by atoms with van der Waals surface area (Å²) in [6, 6.07) is 6.86. The third-order valence-electron chi connectivity index (χ3n) is 2.29. The van der Waals surface area contributed by atoms with Crippen molar-refractivity contribution in [3.8, 4) is 11.6 Å². The Kier molecular flexibility index (Phi) is 3.18. The van der Waals surface area contributed by atoms with Gasteiger partial charge in [-0.15, -0.1) is 0 Å². The first-order chi connectivity index (χ1) is 8.22. The van der Waals surface area contributed by atoms with Crippen LogP contribution >= 0.6 is 0 Å². The van der Waals surface area contributed by atoms with E-state index in [0.717, 1.165) is 0 Å². The van der Waals surface area contributed by atoms with Crippen LogP contribution < -0.4 is 10.5 Å². The highest BCUT2D eigenvalue weighted by Crippen LogP contribution is 2.27. The summed E-state index contributed by atoms with van der Waals surface area (Å²) in [5.74, 6) is -0.264. The minimum atomic E-state index is -0.543. The van der Waals surface area contributed by atoms with Gasteiger partial charge in [-0.05, 0) is 18.6 Å². The number of benzene rings is 1. The van der Waals surface area contributed by atoms with E-state index in [9.17, 15) is 4.39 Å². The number of nitrogens with two attached hydrogens (primary N) is 1. The monoisotopic (exact) mass is 233 g/mol. The lowest BCUT2D eigenvalue weighted by atomic mass is 10.3. The number of hydrogen-bond donors (Lipinski definition) is 1. The molecule has 0 unspecified atom stereocenters. The Morgan fingerprint density at radius 1 is 1.29 bits per heavy atom. The summed E-state index contributed by atoms with van der Waals surface area (Å²) >= 11 is 0. The first-order valence-corrected chi connectivity index (χ1v) is 5.24. The van der Waals surface area contributed by atoms with E-state index in [1.165, 1.54) is 6.33 Å². The van der Waals surface area contributed by atoms with Crippen LogP contribution in [0.25, 0.3) is 0 Å². The third kappa shape index (κ3) is 2.33. The molecule has 88 valence electrons. The van der Waals surface area contributed by atoms with E-state index in [-0.39, 0.29) is 5.88 Å². The molecule has 0 saturated heterocycles. The number of nitrogens with zero attached hydrogens (tertiary/aromatic N) is 2. The zero-order valence-electron chi connectivity index (χ0n) is 9.35. The third-order valence-corrected chi connectivity index (χ3v) is 2.29. The van der Waals surface area contributed by atoms with Crippen LogP contribution in [0.1, 0.15) is 12.6 Å². The standard InChI is InChI=1S/C12H12FN3O/c1-2-9-11(13)12(16-7-15-9)17-10-6-4-3-5-8(10)14/h3-7H,2,14H2,1H3. The maximum atomic E-state index is 13.8.